The zero-order chi connectivity index (χ0) is 25.9. The Labute approximate surface area is 213 Å². The smallest absolute Gasteiger partial charge is 0.267 e. The third kappa shape index (κ3) is 5.43. The van der Waals surface area contributed by atoms with Crippen LogP contribution in [-0.4, -0.2) is 43.3 Å². The molecule has 2 aromatic carbocycles. The van der Waals surface area contributed by atoms with E-state index in [9.17, 15) is 12.8 Å². The van der Waals surface area contributed by atoms with Gasteiger partial charge in [-0.15, -0.1) is 10.2 Å². The van der Waals surface area contributed by atoms with E-state index < -0.39 is 27.8 Å². The van der Waals surface area contributed by atoms with Crippen LogP contribution < -0.4 is 16.4 Å². The fourth-order valence-electron chi connectivity index (χ4n) is 3.53. The molecule has 0 radical (unpaired) electrons. The highest BCUT2D eigenvalue weighted by molar-refractivity contribution is 7.92. The van der Waals surface area contributed by atoms with Crippen molar-refractivity contribution in [1.29, 1.82) is 0 Å². The second-order valence-electron chi connectivity index (χ2n) is 8.42. The van der Waals surface area contributed by atoms with E-state index in [4.69, 9.17) is 21.8 Å². The van der Waals surface area contributed by atoms with Crippen LogP contribution in [0.1, 0.15) is 36.9 Å². The van der Waals surface area contributed by atoms with Crippen molar-refractivity contribution in [1.82, 2.24) is 20.8 Å². The summed E-state index contributed by atoms with van der Waals surface area (Å²) in [6, 6.07) is 11.8. The number of aliphatic imine (C=N–C) groups is 1. The molecule has 2 heterocycles. The summed E-state index contributed by atoms with van der Waals surface area (Å²) in [7, 11) is -3.52. The van der Waals surface area contributed by atoms with Crippen LogP contribution in [0.5, 0.6) is 0 Å². The van der Waals surface area contributed by atoms with E-state index in [-0.39, 0.29) is 21.6 Å². The number of alkyl halides is 1. The van der Waals surface area contributed by atoms with E-state index in [1.165, 1.54) is 6.07 Å². The van der Waals surface area contributed by atoms with Crippen LogP contribution in [-0.2, 0) is 16.4 Å². The summed E-state index contributed by atoms with van der Waals surface area (Å²) >= 11 is 6.33. The maximum Gasteiger partial charge on any atom is 0.267 e. The zero-order valence-corrected chi connectivity index (χ0v) is 21.3. The molecule has 0 saturated carbocycles. The lowest BCUT2D eigenvalue weighted by Crippen LogP contribution is -2.28. The summed E-state index contributed by atoms with van der Waals surface area (Å²) in [4.78, 5) is 4.33. The van der Waals surface area contributed by atoms with Gasteiger partial charge >= 0.3 is 0 Å². The number of sulfone groups is 1. The van der Waals surface area contributed by atoms with Crippen LogP contribution in [0.2, 0.25) is 5.02 Å². The Morgan fingerprint density at radius 1 is 1.17 bits per heavy atom. The number of rotatable bonds is 9. The average molecular weight is 533 g/mol. The minimum atomic E-state index is -3.52. The first-order valence-corrected chi connectivity index (χ1v) is 13.2. The highest BCUT2D eigenvalue weighted by atomic mass is 35.5. The summed E-state index contributed by atoms with van der Waals surface area (Å²) in [5.74, 6) is 0.622. The van der Waals surface area contributed by atoms with Gasteiger partial charge in [0.25, 0.3) is 5.89 Å². The van der Waals surface area contributed by atoms with E-state index in [1.807, 2.05) is 24.3 Å². The normalized spacial score (nSPS) is 16.0. The average Bonchev–Trinajstić information content (AvgIpc) is 3.34. The number of nitrogens with one attached hydrogen (secondary N) is 2. The summed E-state index contributed by atoms with van der Waals surface area (Å²) in [5.41, 5.74) is 8.82. The van der Waals surface area contributed by atoms with Crippen molar-refractivity contribution in [3.63, 3.8) is 0 Å². The van der Waals surface area contributed by atoms with Crippen molar-refractivity contribution >= 4 is 33.3 Å². The second-order valence-corrected chi connectivity index (χ2v) is 11.3. The molecule has 0 spiro atoms. The van der Waals surface area contributed by atoms with Gasteiger partial charge in [0.05, 0.1) is 21.2 Å². The monoisotopic (exact) mass is 532 g/mol. The first-order chi connectivity index (χ1) is 17.2. The molecule has 0 saturated heterocycles. The minimum Gasteiger partial charge on any atom is -0.415 e. The second kappa shape index (κ2) is 10.8. The molecule has 190 valence electrons. The predicted molar refractivity (Wildman–Crippen MR) is 137 cm³/mol. The molecule has 9 nitrogen and oxygen atoms in total. The number of hydrogen-bond acceptors (Lipinski definition) is 9. The van der Waals surface area contributed by atoms with Crippen molar-refractivity contribution < 1.29 is 17.2 Å². The fourth-order valence-corrected chi connectivity index (χ4v) is 5.14. The van der Waals surface area contributed by atoms with Crippen LogP contribution >= 0.6 is 11.6 Å². The van der Waals surface area contributed by atoms with Gasteiger partial charge in [0.15, 0.2) is 15.7 Å². The summed E-state index contributed by atoms with van der Waals surface area (Å²) in [5, 5.41) is 14.0. The summed E-state index contributed by atoms with van der Waals surface area (Å²) in [6.45, 7) is 3.65. The third-order valence-corrected chi connectivity index (χ3v) is 8.24. The molecule has 0 amide bonds. The van der Waals surface area contributed by atoms with Crippen LogP contribution in [0, 0.1) is 0 Å². The number of hydrogen-bond donors (Lipinski definition) is 3. The van der Waals surface area contributed by atoms with E-state index in [0.29, 0.717) is 35.8 Å². The summed E-state index contributed by atoms with van der Waals surface area (Å²) in [6.07, 6.45) is 1.59. The van der Waals surface area contributed by atoms with Gasteiger partial charge in [0.2, 0.25) is 5.89 Å². The maximum atomic E-state index is 12.5. The number of nitrogens with zero attached hydrogens (tertiary/aromatic N) is 3. The molecule has 3 aromatic rings. The molecule has 4 rings (SSSR count). The molecule has 1 aliphatic heterocycles. The number of nitrogens with two attached hydrogens (primary N) is 1. The molecule has 4 N–H and O–H groups in total. The maximum absolute atomic E-state index is 12.5. The Bertz CT molecular complexity index is 1400. The van der Waals surface area contributed by atoms with E-state index in [1.54, 1.807) is 32.2 Å². The van der Waals surface area contributed by atoms with Crippen molar-refractivity contribution in [3.05, 3.63) is 70.3 Å². The van der Waals surface area contributed by atoms with E-state index in [0.717, 1.165) is 5.56 Å². The zero-order valence-electron chi connectivity index (χ0n) is 19.7. The van der Waals surface area contributed by atoms with Gasteiger partial charge in [-0.1, -0.05) is 29.8 Å². The predicted octanol–water partition coefficient (Wildman–Crippen LogP) is 3.63. The Morgan fingerprint density at radius 3 is 2.56 bits per heavy atom. The van der Waals surface area contributed by atoms with Crippen molar-refractivity contribution in [2.75, 3.05) is 13.2 Å². The number of aromatic nitrogens is 2. The van der Waals surface area contributed by atoms with Crippen LogP contribution in [0.25, 0.3) is 17.2 Å². The third-order valence-electron chi connectivity index (χ3n) is 5.60. The van der Waals surface area contributed by atoms with Gasteiger partial charge < -0.3 is 20.8 Å². The van der Waals surface area contributed by atoms with Gasteiger partial charge in [0.1, 0.15) is 12.4 Å². The van der Waals surface area contributed by atoms with Crippen LogP contribution in [0.4, 0.5) is 4.39 Å². The SMILES string of the molecule is CC(C)S(=O)(=O)c1ccc(C2C=NC(N)=C(c3nnc(-c4ccc(CNCCF)cc4)o3)N2)cc1Cl. The molecule has 1 aliphatic rings. The van der Waals surface area contributed by atoms with Crippen LogP contribution in [0.15, 0.2) is 62.6 Å². The van der Waals surface area contributed by atoms with Gasteiger partial charge in [-0.25, -0.2) is 17.8 Å². The van der Waals surface area contributed by atoms with E-state index in [2.05, 4.69) is 25.8 Å². The van der Waals surface area contributed by atoms with E-state index >= 15 is 0 Å². The highest BCUT2D eigenvalue weighted by Crippen LogP contribution is 2.30. The van der Waals surface area contributed by atoms with Crippen molar-refractivity contribution in [2.45, 2.75) is 36.6 Å². The molecule has 0 bridgehead atoms. The van der Waals surface area contributed by atoms with Crippen molar-refractivity contribution in [2.24, 2.45) is 10.7 Å². The molecular formula is C24H26ClFN6O3S. The lowest BCUT2D eigenvalue weighted by Gasteiger charge is -2.22. The molecule has 12 heteroatoms. The van der Waals surface area contributed by atoms with Crippen molar-refractivity contribution in [3.8, 4) is 11.5 Å². The van der Waals surface area contributed by atoms with Gasteiger partial charge in [-0.3, -0.25) is 0 Å². The molecule has 1 unspecified atom stereocenters. The Morgan fingerprint density at radius 2 is 1.89 bits per heavy atom. The molecule has 1 atom stereocenters. The molecular weight excluding hydrogens is 507 g/mol. The van der Waals surface area contributed by atoms with Gasteiger partial charge in [0, 0.05) is 24.9 Å². The minimum absolute atomic E-state index is 0.0803. The number of benzene rings is 2. The lowest BCUT2D eigenvalue weighted by molar-refractivity contribution is 0.467. The lowest BCUT2D eigenvalue weighted by atomic mass is 10.1. The molecule has 1 aromatic heterocycles. The molecule has 0 fully saturated rings. The fraction of sp³-hybridized carbons (Fsp3) is 0.292. The first kappa shape index (κ1) is 25.8. The topological polar surface area (TPSA) is 136 Å². The Balaban J connectivity index is 1.52. The standard InChI is InChI=1S/C24H26ClFN6O3S/c1-14(2)36(33,34)20-8-7-17(11-18(20)25)19-13-29-22(27)21(30-19)24-32-31-23(35-24)16-5-3-15(4-6-16)12-28-10-9-26/h3-8,11,13-14,19,28,30H,9-10,12,27H2,1-2H3. The Hall–Kier alpha value is -3.28. The first-order valence-electron chi connectivity index (χ1n) is 11.2. The molecule has 0 aliphatic carbocycles. The summed E-state index contributed by atoms with van der Waals surface area (Å²) < 4.78 is 43.1. The quantitative estimate of drug-likeness (QED) is 0.355. The van der Waals surface area contributed by atoms with Crippen LogP contribution in [0.3, 0.4) is 0 Å². The van der Waals surface area contributed by atoms with Gasteiger partial charge in [-0.2, -0.15) is 0 Å². The largest absolute Gasteiger partial charge is 0.415 e. The molecule has 36 heavy (non-hydrogen) atoms. The number of halogens is 2. The van der Waals surface area contributed by atoms with Gasteiger partial charge in [-0.05, 0) is 49.2 Å². The Kier molecular flexibility index (Phi) is 7.72. The highest BCUT2D eigenvalue weighted by Gasteiger charge is 2.26.